The Kier molecular flexibility index (Phi) is 5.93. The average molecular weight is 469 g/mol. The third-order valence-corrected chi connectivity index (χ3v) is 6.08. The first kappa shape index (κ1) is 22.2. The predicted octanol–water partition coefficient (Wildman–Crippen LogP) is 5.00. The lowest BCUT2D eigenvalue weighted by Gasteiger charge is -2.14. The van der Waals surface area contributed by atoms with Gasteiger partial charge in [-0.1, -0.05) is 48.5 Å². The summed E-state index contributed by atoms with van der Waals surface area (Å²) < 4.78 is 12.5. The molecule has 0 saturated carbocycles. The van der Waals surface area contributed by atoms with Gasteiger partial charge in [-0.15, -0.1) is 0 Å². The summed E-state index contributed by atoms with van der Waals surface area (Å²) >= 11 is 0. The van der Waals surface area contributed by atoms with Crippen LogP contribution in [0.15, 0.2) is 79.1 Å². The zero-order chi connectivity index (χ0) is 24.4. The van der Waals surface area contributed by atoms with Crippen LogP contribution < -0.4 is 10.1 Å². The van der Waals surface area contributed by atoms with Crippen LogP contribution in [0.5, 0.6) is 5.75 Å². The second-order valence-electron chi connectivity index (χ2n) is 8.21. The number of nitrogens with zero attached hydrogens (tertiary/aromatic N) is 2. The Morgan fingerprint density at radius 1 is 1.03 bits per heavy atom. The molecule has 8 nitrogen and oxygen atoms in total. The number of carbonyl (C=O) groups excluding carboxylic acids is 1. The van der Waals surface area contributed by atoms with Crippen LogP contribution in [0.1, 0.15) is 33.0 Å². The Hall–Kier alpha value is -4.59. The molecule has 3 aromatic carbocycles. The molecule has 0 unspecified atom stereocenters. The Morgan fingerprint density at radius 2 is 1.71 bits per heavy atom. The number of aromatic carboxylic acids is 1. The van der Waals surface area contributed by atoms with E-state index in [0.717, 1.165) is 11.1 Å². The molecule has 1 heterocycles. The van der Waals surface area contributed by atoms with Crippen LogP contribution in [0.2, 0.25) is 0 Å². The van der Waals surface area contributed by atoms with Crippen molar-refractivity contribution in [2.24, 2.45) is 0 Å². The maximum absolute atomic E-state index is 12.5. The molecule has 1 aliphatic rings. The Bertz CT molecular complexity index is 1370. The molecule has 0 aliphatic heterocycles. The standard InChI is InChI=1S/C27H23N3O5/c1-34-25-11-10-17(26(31)32)12-18(25)14-30-15-19(13-28-30)29-27(33)35-16-24-22-8-4-2-6-20(22)21-7-3-5-9-23(21)24/h2-13,15,24H,14,16H2,1H3,(H,29,33)(H,31,32). The lowest BCUT2D eigenvalue weighted by molar-refractivity contribution is 0.0696. The van der Waals surface area contributed by atoms with Crippen molar-refractivity contribution in [3.05, 3.63) is 101 Å². The van der Waals surface area contributed by atoms with Crippen LogP contribution in [-0.2, 0) is 11.3 Å². The van der Waals surface area contributed by atoms with Crippen molar-refractivity contribution >= 4 is 17.7 Å². The minimum Gasteiger partial charge on any atom is -0.496 e. The van der Waals surface area contributed by atoms with Crippen molar-refractivity contribution < 1.29 is 24.2 Å². The molecule has 0 bridgehead atoms. The fourth-order valence-corrected chi connectivity index (χ4v) is 4.48. The minimum atomic E-state index is -1.02. The maximum Gasteiger partial charge on any atom is 0.411 e. The summed E-state index contributed by atoms with van der Waals surface area (Å²) in [7, 11) is 1.52. The van der Waals surface area contributed by atoms with Gasteiger partial charge in [0.1, 0.15) is 12.4 Å². The highest BCUT2D eigenvalue weighted by molar-refractivity contribution is 5.88. The molecule has 4 aromatic rings. The van der Waals surface area contributed by atoms with Crippen LogP contribution in [0.4, 0.5) is 10.5 Å². The van der Waals surface area contributed by atoms with E-state index in [4.69, 9.17) is 9.47 Å². The number of hydrogen-bond donors (Lipinski definition) is 2. The number of carbonyl (C=O) groups is 2. The van der Waals surface area contributed by atoms with Crippen LogP contribution in [-0.4, -0.2) is 40.7 Å². The van der Waals surface area contributed by atoms with Crippen molar-refractivity contribution in [3.63, 3.8) is 0 Å². The Balaban J connectivity index is 1.24. The first-order chi connectivity index (χ1) is 17.0. The summed E-state index contributed by atoms with van der Waals surface area (Å²) in [4.78, 5) is 23.8. The van der Waals surface area contributed by atoms with Crippen molar-refractivity contribution in [1.82, 2.24) is 9.78 Å². The summed E-state index contributed by atoms with van der Waals surface area (Å²) in [6.45, 7) is 0.490. The van der Waals surface area contributed by atoms with E-state index in [1.54, 1.807) is 23.0 Å². The topological polar surface area (TPSA) is 103 Å². The predicted molar refractivity (Wildman–Crippen MR) is 130 cm³/mol. The minimum absolute atomic E-state index is 0.0233. The van der Waals surface area contributed by atoms with Gasteiger partial charge in [-0.3, -0.25) is 10.00 Å². The summed E-state index contributed by atoms with van der Waals surface area (Å²) in [5, 5.41) is 16.2. The van der Waals surface area contributed by atoms with E-state index in [1.165, 1.54) is 30.5 Å². The second-order valence-corrected chi connectivity index (χ2v) is 8.21. The number of aromatic nitrogens is 2. The monoisotopic (exact) mass is 469 g/mol. The Labute approximate surface area is 201 Å². The molecule has 0 radical (unpaired) electrons. The highest BCUT2D eigenvalue weighted by atomic mass is 16.5. The summed E-state index contributed by atoms with van der Waals surface area (Å²) in [5.41, 5.74) is 5.91. The average Bonchev–Trinajstić information content (AvgIpc) is 3.44. The molecular weight excluding hydrogens is 446 g/mol. The molecule has 1 amide bonds. The molecule has 1 aromatic heterocycles. The molecule has 0 saturated heterocycles. The van der Waals surface area contributed by atoms with Crippen LogP contribution in [0.3, 0.4) is 0 Å². The number of amides is 1. The first-order valence-electron chi connectivity index (χ1n) is 11.1. The van der Waals surface area contributed by atoms with E-state index >= 15 is 0 Å². The van der Waals surface area contributed by atoms with Crippen LogP contribution in [0, 0.1) is 0 Å². The largest absolute Gasteiger partial charge is 0.496 e. The number of rotatable bonds is 7. The molecule has 5 rings (SSSR count). The quantitative estimate of drug-likeness (QED) is 0.395. The van der Waals surface area contributed by atoms with E-state index in [0.29, 0.717) is 17.0 Å². The van der Waals surface area contributed by atoms with Crippen molar-refractivity contribution in [2.45, 2.75) is 12.5 Å². The zero-order valence-corrected chi connectivity index (χ0v) is 19.0. The summed E-state index contributed by atoms with van der Waals surface area (Å²) in [6.07, 6.45) is 2.58. The zero-order valence-electron chi connectivity index (χ0n) is 19.0. The molecule has 0 spiro atoms. The number of anilines is 1. The normalized spacial score (nSPS) is 12.0. The fraction of sp³-hybridized carbons (Fsp3) is 0.148. The number of methoxy groups -OCH3 is 1. The number of hydrogen-bond acceptors (Lipinski definition) is 5. The smallest absolute Gasteiger partial charge is 0.411 e. The van der Waals surface area contributed by atoms with Crippen molar-refractivity contribution in [3.8, 4) is 16.9 Å². The van der Waals surface area contributed by atoms with Gasteiger partial charge in [0.15, 0.2) is 0 Å². The molecule has 8 heteroatoms. The van der Waals surface area contributed by atoms with E-state index in [9.17, 15) is 14.7 Å². The third kappa shape index (κ3) is 4.46. The number of nitrogens with one attached hydrogen (secondary N) is 1. The first-order valence-corrected chi connectivity index (χ1v) is 11.1. The molecule has 1 aliphatic carbocycles. The summed E-state index contributed by atoms with van der Waals surface area (Å²) in [5.74, 6) is -0.492. The molecule has 176 valence electrons. The van der Waals surface area contributed by atoms with E-state index in [-0.39, 0.29) is 24.6 Å². The van der Waals surface area contributed by atoms with Gasteiger partial charge in [-0.25, -0.2) is 9.59 Å². The fourth-order valence-electron chi connectivity index (χ4n) is 4.48. The molecule has 0 atom stereocenters. The SMILES string of the molecule is COc1ccc(C(=O)O)cc1Cn1cc(NC(=O)OCC2c3ccccc3-c3ccccc32)cn1. The van der Waals surface area contributed by atoms with E-state index in [1.807, 2.05) is 24.3 Å². The number of benzene rings is 3. The van der Waals surface area contributed by atoms with E-state index in [2.05, 4.69) is 34.7 Å². The van der Waals surface area contributed by atoms with E-state index < -0.39 is 12.1 Å². The van der Waals surface area contributed by atoms with Gasteiger partial charge in [-0.2, -0.15) is 5.10 Å². The molecule has 0 fully saturated rings. The second kappa shape index (κ2) is 9.34. The lowest BCUT2D eigenvalue weighted by Crippen LogP contribution is -2.17. The van der Waals surface area contributed by atoms with Gasteiger partial charge in [0.05, 0.1) is 31.1 Å². The van der Waals surface area contributed by atoms with Gasteiger partial charge in [-0.05, 0) is 40.5 Å². The summed E-state index contributed by atoms with van der Waals surface area (Å²) in [6, 6.07) is 21.0. The highest BCUT2D eigenvalue weighted by Crippen LogP contribution is 2.44. The highest BCUT2D eigenvalue weighted by Gasteiger charge is 2.29. The molecule has 2 N–H and O–H groups in total. The van der Waals surface area contributed by atoms with Crippen molar-refractivity contribution in [1.29, 1.82) is 0 Å². The van der Waals surface area contributed by atoms with Gasteiger partial charge in [0.25, 0.3) is 0 Å². The van der Waals surface area contributed by atoms with Gasteiger partial charge in [0, 0.05) is 17.7 Å². The van der Waals surface area contributed by atoms with Crippen molar-refractivity contribution in [2.75, 3.05) is 19.0 Å². The number of carboxylic acid groups (broad SMARTS) is 1. The molecule has 35 heavy (non-hydrogen) atoms. The lowest BCUT2D eigenvalue weighted by atomic mass is 9.98. The number of fused-ring (bicyclic) bond motifs is 3. The maximum atomic E-state index is 12.5. The third-order valence-electron chi connectivity index (χ3n) is 6.08. The number of ether oxygens (including phenoxy) is 2. The van der Waals surface area contributed by atoms with Crippen LogP contribution >= 0.6 is 0 Å². The van der Waals surface area contributed by atoms with Gasteiger partial charge >= 0.3 is 12.1 Å². The van der Waals surface area contributed by atoms with Crippen LogP contribution in [0.25, 0.3) is 11.1 Å². The number of carboxylic acids is 1. The molecular formula is C27H23N3O5. The Morgan fingerprint density at radius 3 is 2.37 bits per heavy atom. The van der Waals surface area contributed by atoms with Gasteiger partial charge < -0.3 is 14.6 Å². The van der Waals surface area contributed by atoms with Gasteiger partial charge in [0.2, 0.25) is 0 Å².